The zero-order valence-corrected chi connectivity index (χ0v) is 9.89. The summed E-state index contributed by atoms with van der Waals surface area (Å²) in [6.07, 6.45) is 3.31. The first kappa shape index (κ1) is 10.2. The molecule has 0 bridgehead atoms. The van der Waals surface area contributed by atoms with Crippen molar-refractivity contribution in [2.75, 3.05) is 7.05 Å². The number of hydrogen-bond acceptors (Lipinski definition) is 3. The number of allylic oxidation sites excluding steroid dienone is 1. The van der Waals surface area contributed by atoms with Gasteiger partial charge >= 0.3 is 0 Å². The van der Waals surface area contributed by atoms with E-state index >= 15 is 0 Å². The molecule has 4 heteroatoms. The summed E-state index contributed by atoms with van der Waals surface area (Å²) in [5.74, 6) is 0.814. The minimum atomic E-state index is -0.299. The molecular formula is C11H11BrN2O. The fraction of sp³-hybridized carbons (Fsp3) is 0.182. The van der Waals surface area contributed by atoms with Crippen molar-refractivity contribution < 1.29 is 4.74 Å². The summed E-state index contributed by atoms with van der Waals surface area (Å²) in [6.45, 7) is 0. The first-order valence-corrected chi connectivity index (χ1v) is 5.40. The van der Waals surface area contributed by atoms with E-state index < -0.39 is 0 Å². The molecule has 0 saturated heterocycles. The number of rotatable bonds is 2. The van der Waals surface area contributed by atoms with Crippen molar-refractivity contribution in [1.29, 1.82) is 0 Å². The number of para-hydroxylation sites is 1. The summed E-state index contributed by atoms with van der Waals surface area (Å²) >= 11 is 3.42. The van der Waals surface area contributed by atoms with Gasteiger partial charge in [0, 0.05) is 13.3 Å². The first-order valence-electron chi connectivity index (χ1n) is 4.61. The van der Waals surface area contributed by atoms with Gasteiger partial charge in [0.25, 0.3) is 6.35 Å². The van der Waals surface area contributed by atoms with Gasteiger partial charge in [-0.15, -0.1) is 0 Å². The van der Waals surface area contributed by atoms with Crippen LogP contribution in [0, 0.1) is 0 Å². The van der Waals surface area contributed by atoms with Gasteiger partial charge in [0.05, 0.1) is 4.61 Å². The summed E-state index contributed by atoms with van der Waals surface area (Å²) in [5.41, 5.74) is 0. The number of hydrogen-bond donors (Lipinski definition) is 0. The van der Waals surface area contributed by atoms with Crippen molar-refractivity contribution in [3.63, 3.8) is 0 Å². The standard InChI is InChI=1S/C11H11BrN2O/c1-14-10(12)7-8-13-11(14)15-9-5-3-2-4-6-9/h2-8,11H,1H3. The molecule has 78 valence electrons. The topological polar surface area (TPSA) is 24.8 Å². The van der Waals surface area contributed by atoms with Gasteiger partial charge in [0.15, 0.2) is 0 Å². The van der Waals surface area contributed by atoms with Crippen LogP contribution >= 0.6 is 15.9 Å². The van der Waals surface area contributed by atoms with Crippen LogP contribution in [-0.2, 0) is 0 Å². The number of halogens is 1. The van der Waals surface area contributed by atoms with Gasteiger partial charge in [-0.1, -0.05) is 18.2 Å². The lowest BCUT2D eigenvalue weighted by molar-refractivity contribution is 0.0845. The molecule has 0 amide bonds. The zero-order valence-electron chi connectivity index (χ0n) is 8.30. The maximum atomic E-state index is 5.70. The molecule has 0 spiro atoms. The fourth-order valence-electron chi connectivity index (χ4n) is 1.23. The molecule has 0 aromatic heterocycles. The third kappa shape index (κ3) is 2.39. The molecule has 1 aromatic carbocycles. The molecule has 15 heavy (non-hydrogen) atoms. The van der Waals surface area contributed by atoms with Crippen LogP contribution in [0.5, 0.6) is 5.75 Å². The molecule has 0 N–H and O–H groups in total. The summed E-state index contributed by atoms with van der Waals surface area (Å²) in [4.78, 5) is 6.14. The second-order valence-corrected chi connectivity index (χ2v) is 3.97. The average molecular weight is 267 g/mol. The highest BCUT2D eigenvalue weighted by molar-refractivity contribution is 9.11. The minimum absolute atomic E-state index is 0.299. The Labute approximate surface area is 97.2 Å². The normalized spacial score (nSPS) is 20.0. The molecule has 0 saturated carbocycles. The molecule has 0 aliphatic carbocycles. The highest BCUT2D eigenvalue weighted by Crippen LogP contribution is 2.20. The maximum Gasteiger partial charge on any atom is 0.270 e. The third-order valence-electron chi connectivity index (χ3n) is 2.08. The molecule has 0 fully saturated rings. The van der Waals surface area contributed by atoms with E-state index in [0.717, 1.165) is 10.4 Å². The third-order valence-corrected chi connectivity index (χ3v) is 2.90. The molecule has 0 radical (unpaired) electrons. The SMILES string of the molecule is CN1C(Br)=CC=NC1Oc1ccccc1. The van der Waals surface area contributed by atoms with E-state index in [1.54, 1.807) is 6.21 Å². The largest absolute Gasteiger partial charge is 0.450 e. The summed E-state index contributed by atoms with van der Waals surface area (Å²) < 4.78 is 6.65. The van der Waals surface area contributed by atoms with Gasteiger partial charge < -0.3 is 9.64 Å². The Kier molecular flexibility index (Phi) is 3.06. The van der Waals surface area contributed by atoms with Crippen molar-refractivity contribution in [2.45, 2.75) is 6.35 Å². The van der Waals surface area contributed by atoms with Crippen LogP contribution < -0.4 is 4.74 Å². The molecule has 2 rings (SSSR count). The summed E-state index contributed by atoms with van der Waals surface area (Å²) in [5, 5.41) is 0. The average Bonchev–Trinajstić information content (AvgIpc) is 2.26. The Morgan fingerprint density at radius 1 is 1.33 bits per heavy atom. The monoisotopic (exact) mass is 266 g/mol. The van der Waals surface area contributed by atoms with E-state index in [9.17, 15) is 0 Å². The van der Waals surface area contributed by atoms with E-state index in [4.69, 9.17) is 4.74 Å². The van der Waals surface area contributed by atoms with Crippen LogP contribution in [0.3, 0.4) is 0 Å². The van der Waals surface area contributed by atoms with Crippen LogP contribution in [0.4, 0.5) is 0 Å². The van der Waals surface area contributed by atoms with Gasteiger partial charge in [-0.3, -0.25) is 0 Å². The quantitative estimate of drug-likeness (QED) is 0.769. The highest BCUT2D eigenvalue weighted by atomic mass is 79.9. The van der Waals surface area contributed by atoms with Crippen LogP contribution in [-0.4, -0.2) is 24.5 Å². The Morgan fingerprint density at radius 3 is 2.80 bits per heavy atom. The van der Waals surface area contributed by atoms with Crippen LogP contribution in [0.25, 0.3) is 0 Å². The Morgan fingerprint density at radius 2 is 2.07 bits per heavy atom. The molecular weight excluding hydrogens is 256 g/mol. The maximum absolute atomic E-state index is 5.70. The van der Waals surface area contributed by atoms with E-state index in [-0.39, 0.29) is 6.35 Å². The molecule has 1 atom stereocenters. The predicted molar refractivity (Wildman–Crippen MR) is 64.1 cm³/mol. The van der Waals surface area contributed by atoms with Crippen LogP contribution in [0.2, 0.25) is 0 Å². The number of ether oxygens (including phenoxy) is 1. The van der Waals surface area contributed by atoms with Gasteiger partial charge in [-0.05, 0) is 34.1 Å². The second kappa shape index (κ2) is 4.49. The lowest BCUT2D eigenvalue weighted by Crippen LogP contribution is -2.34. The van der Waals surface area contributed by atoms with Crippen molar-refractivity contribution in [2.24, 2.45) is 4.99 Å². The highest BCUT2D eigenvalue weighted by Gasteiger charge is 2.17. The molecule has 3 nitrogen and oxygen atoms in total. The Bertz CT molecular complexity index is 389. The molecule has 1 unspecified atom stereocenters. The Hall–Kier alpha value is -1.29. The van der Waals surface area contributed by atoms with Gasteiger partial charge in [-0.2, -0.15) is 0 Å². The zero-order chi connectivity index (χ0) is 10.7. The minimum Gasteiger partial charge on any atom is -0.450 e. The number of benzene rings is 1. The molecule has 1 aromatic rings. The Balaban J connectivity index is 2.08. The van der Waals surface area contributed by atoms with Gasteiger partial charge in [-0.25, -0.2) is 4.99 Å². The van der Waals surface area contributed by atoms with Crippen molar-refractivity contribution in [1.82, 2.24) is 4.90 Å². The van der Waals surface area contributed by atoms with E-state index in [0.29, 0.717) is 0 Å². The lowest BCUT2D eigenvalue weighted by Gasteiger charge is -2.28. The van der Waals surface area contributed by atoms with E-state index in [1.165, 1.54) is 0 Å². The van der Waals surface area contributed by atoms with Gasteiger partial charge in [0.2, 0.25) is 0 Å². The molecule has 1 aliphatic rings. The second-order valence-electron chi connectivity index (χ2n) is 3.16. The summed E-state index contributed by atoms with van der Waals surface area (Å²) in [6, 6.07) is 9.65. The predicted octanol–water partition coefficient (Wildman–Crippen LogP) is 2.60. The fourth-order valence-corrected chi connectivity index (χ4v) is 1.52. The summed E-state index contributed by atoms with van der Waals surface area (Å²) in [7, 11) is 1.92. The van der Waals surface area contributed by atoms with E-state index in [1.807, 2.05) is 48.4 Å². The molecule has 1 aliphatic heterocycles. The molecule has 1 heterocycles. The first-order chi connectivity index (χ1) is 7.27. The number of aliphatic imine (C=N–C) groups is 1. The lowest BCUT2D eigenvalue weighted by atomic mass is 10.3. The van der Waals surface area contributed by atoms with Crippen LogP contribution in [0.1, 0.15) is 0 Å². The van der Waals surface area contributed by atoms with Crippen molar-refractivity contribution in [3.05, 3.63) is 41.0 Å². The van der Waals surface area contributed by atoms with Crippen molar-refractivity contribution in [3.8, 4) is 5.75 Å². The van der Waals surface area contributed by atoms with E-state index in [2.05, 4.69) is 20.9 Å². The van der Waals surface area contributed by atoms with Crippen molar-refractivity contribution >= 4 is 22.1 Å². The number of nitrogens with zero attached hydrogens (tertiary/aromatic N) is 2. The van der Waals surface area contributed by atoms with Gasteiger partial charge in [0.1, 0.15) is 5.75 Å². The smallest absolute Gasteiger partial charge is 0.270 e. The van der Waals surface area contributed by atoms with Crippen LogP contribution in [0.15, 0.2) is 46.0 Å².